The third-order valence-electron chi connectivity index (χ3n) is 5.20. The van der Waals surface area contributed by atoms with E-state index >= 15 is 0 Å². The van der Waals surface area contributed by atoms with Gasteiger partial charge in [-0.3, -0.25) is 9.59 Å². The number of para-hydroxylation sites is 1. The molecule has 0 radical (unpaired) electrons. The molecule has 0 N–H and O–H groups in total. The predicted molar refractivity (Wildman–Crippen MR) is 113 cm³/mol. The predicted octanol–water partition coefficient (Wildman–Crippen LogP) is 4.59. The molecule has 2 aromatic carbocycles. The van der Waals surface area contributed by atoms with E-state index in [1.807, 2.05) is 25.1 Å². The number of anilines is 1. The molecule has 160 valence electrons. The van der Waals surface area contributed by atoms with Crippen molar-refractivity contribution in [2.75, 3.05) is 18.1 Å². The number of carbonyl (C=O) groups is 2. The van der Waals surface area contributed by atoms with Gasteiger partial charge in [0.05, 0.1) is 12.3 Å². The van der Waals surface area contributed by atoms with Crippen molar-refractivity contribution < 1.29 is 23.5 Å². The van der Waals surface area contributed by atoms with Gasteiger partial charge in [0.1, 0.15) is 18.2 Å². The zero-order chi connectivity index (χ0) is 21.5. The molecule has 3 rings (SSSR count). The molecule has 0 fully saturated rings. The van der Waals surface area contributed by atoms with Crippen molar-refractivity contribution in [2.45, 2.75) is 52.6 Å². The molecule has 0 bridgehead atoms. The van der Waals surface area contributed by atoms with E-state index in [0.29, 0.717) is 42.9 Å². The van der Waals surface area contributed by atoms with Gasteiger partial charge in [0, 0.05) is 19.4 Å². The third kappa shape index (κ3) is 5.17. The van der Waals surface area contributed by atoms with Gasteiger partial charge < -0.3 is 14.4 Å². The molecule has 0 atom stereocenters. The van der Waals surface area contributed by atoms with Gasteiger partial charge in [-0.15, -0.1) is 0 Å². The number of nitrogens with zero attached hydrogens (tertiary/aromatic N) is 1. The Kier molecular flexibility index (Phi) is 7.44. The number of carbonyl (C=O) groups excluding carboxylic acids is 2. The molecule has 30 heavy (non-hydrogen) atoms. The molecule has 1 aliphatic heterocycles. The topological polar surface area (TPSA) is 55.8 Å². The Labute approximate surface area is 176 Å². The number of fused-ring (bicyclic) bond motifs is 1. The maximum Gasteiger partial charge on any atom is 0.306 e. The first-order valence-electron chi connectivity index (χ1n) is 10.5. The Hall–Kier alpha value is -2.89. The van der Waals surface area contributed by atoms with E-state index in [9.17, 15) is 14.0 Å². The van der Waals surface area contributed by atoms with Crippen molar-refractivity contribution in [3.8, 4) is 5.75 Å². The first-order valence-corrected chi connectivity index (χ1v) is 10.5. The molecule has 2 aromatic rings. The lowest BCUT2D eigenvalue weighted by atomic mass is 10.0. The molecular weight excluding hydrogens is 385 g/mol. The zero-order valence-corrected chi connectivity index (χ0v) is 17.6. The van der Waals surface area contributed by atoms with E-state index < -0.39 is 0 Å². The largest absolute Gasteiger partial charge is 0.487 e. The molecule has 0 saturated heterocycles. The quantitative estimate of drug-likeness (QED) is 0.594. The Balaban J connectivity index is 1.70. The van der Waals surface area contributed by atoms with Crippen LogP contribution in [0.1, 0.15) is 49.8 Å². The summed E-state index contributed by atoms with van der Waals surface area (Å²) in [5.74, 6) is 0.0208. The first-order chi connectivity index (χ1) is 14.5. The van der Waals surface area contributed by atoms with Crippen LogP contribution >= 0.6 is 0 Å². The van der Waals surface area contributed by atoms with Crippen molar-refractivity contribution >= 4 is 17.6 Å². The molecular formula is C24H28FNO4. The molecule has 1 heterocycles. The Morgan fingerprint density at radius 3 is 2.73 bits per heavy atom. The smallest absolute Gasteiger partial charge is 0.306 e. The summed E-state index contributed by atoms with van der Waals surface area (Å²) < 4.78 is 25.3. The lowest BCUT2D eigenvalue weighted by Crippen LogP contribution is -2.35. The average Bonchev–Trinajstić information content (AvgIpc) is 2.76. The summed E-state index contributed by atoms with van der Waals surface area (Å²) >= 11 is 0. The fourth-order valence-electron chi connectivity index (χ4n) is 3.69. The number of hydrogen-bond acceptors (Lipinski definition) is 4. The van der Waals surface area contributed by atoms with E-state index in [1.54, 1.807) is 24.0 Å². The number of rotatable bonds is 8. The van der Waals surface area contributed by atoms with E-state index in [-0.39, 0.29) is 30.7 Å². The van der Waals surface area contributed by atoms with Crippen LogP contribution < -0.4 is 9.64 Å². The van der Waals surface area contributed by atoms with Crippen LogP contribution in [0.5, 0.6) is 5.75 Å². The van der Waals surface area contributed by atoms with E-state index in [2.05, 4.69) is 0 Å². The van der Waals surface area contributed by atoms with Gasteiger partial charge in [0.25, 0.3) is 0 Å². The molecule has 0 aromatic heterocycles. The minimum Gasteiger partial charge on any atom is -0.487 e. The zero-order valence-electron chi connectivity index (χ0n) is 17.6. The van der Waals surface area contributed by atoms with Crippen molar-refractivity contribution in [1.29, 1.82) is 0 Å². The van der Waals surface area contributed by atoms with Gasteiger partial charge in [-0.05, 0) is 55.0 Å². The average molecular weight is 413 g/mol. The SMILES string of the molecule is CCOC(=O)CCc1ccc(COc2cccc3c2N(C(=O)CC)CCC3)cc1F. The highest BCUT2D eigenvalue weighted by molar-refractivity contribution is 5.96. The van der Waals surface area contributed by atoms with Gasteiger partial charge in [-0.25, -0.2) is 4.39 Å². The summed E-state index contributed by atoms with van der Waals surface area (Å²) in [5.41, 5.74) is 3.10. The highest BCUT2D eigenvalue weighted by atomic mass is 19.1. The molecule has 0 spiro atoms. The van der Waals surface area contributed by atoms with E-state index in [4.69, 9.17) is 9.47 Å². The second-order valence-corrected chi connectivity index (χ2v) is 7.29. The van der Waals surface area contributed by atoms with Crippen molar-refractivity contribution in [2.24, 2.45) is 0 Å². The van der Waals surface area contributed by atoms with Crippen molar-refractivity contribution in [3.05, 3.63) is 58.9 Å². The second kappa shape index (κ2) is 10.2. The fourth-order valence-corrected chi connectivity index (χ4v) is 3.69. The Bertz CT molecular complexity index is 912. The number of aryl methyl sites for hydroxylation is 2. The van der Waals surface area contributed by atoms with Crippen LogP contribution in [-0.2, 0) is 33.8 Å². The number of hydrogen-bond donors (Lipinski definition) is 0. The molecule has 0 unspecified atom stereocenters. The number of ether oxygens (including phenoxy) is 2. The number of amides is 1. The summed E-state index contributed by atoms with van der Waals surface area (Å²) in [7, 11) is 0. The molecule has 0 aliphatic carbocycles. The highest BCUT2D eigenvalue weighted by Crippen LogP contribution is 2.37. The Morgan fingerprint density at radius 2 is 2.00 bits per heavy atom. The summed E-state index contributed by atoms with van der Waals surface area (Å²) in [5, 5.41) is 0. The molecule has 0 saturated carbocycles. The molecule has 6 heteroatoms. The first kappa shape index (κ1) is 21.8. The van der Waals surface area contributed by atoms with Crippen LogP contribution in [0, 0.1) is 5.82 Å². The summed E-state index contributed by atoms with van der Waals surface area (Å²) in [6.45, 7) is 4.80. The number of benzene rings is 2. The van der Waals surface area contributed by atoms with Gasteiger partial charge in [-0.1, -0.05) is 31.2 Å². The van der Waals surface area contributed by atoms with Gasteiger partial charge >= 0.3 is 5.97 Å². The van der Waals surface area contributed by atoms with Crippen LogP contribution in [0.2, 0.25) is 0 Å². The lowest BCUT2D eigenvalue weighted by Gasteiger charge is -2.31. The number of esters is 1. The number of halogens is 1. The molecule has 5 nitrogen and oxygen atoms in total. The third-order valence-corrected chi connectivity index (χ3v) is 5.20. The van der Waals surface area contributed by atoms with Crippen LogP contribution in [-0.4, -0.2) is 25.0 Å². The summed E-state index contributed by atoms with van der Waals surface area (Å²) in [4.78, 5) is 25.7. The maximum absolute atomic E-state index is 14.4. The summed E-state index contributed by atoms with van der Waals surface area (Å²) in [6, 6.07) is 10.7. The summed E-state index contributed by atoms with van der Waals surface area (Å²) in [6.07, 6.45) is 2.72. The van der Waals surface area contributed by atoms with Gasteiger partial charge in [0.2, 0.25) is 5.91 Å². The van der Waals surface area contributed by atoms with Crippen LogP contribution in [0.25, 0.3) is 0 Å². The minimum atomic E-state index is -0.363. The molecule has 1 amide bonds. The maximum atomic E-state index is 14.4. The van der Waals surface area contributed by atoms with Crippen LogP contribution in [0.3, 0.4) is 0 Å². The van der Waals surface area contributed by atoms with Crippen LogP contribution in [0.15, 0.2) is 36.4 Å². The minimum absolute atomic E-state index is 0.0731. The van der Waals surface area contributed by atoms with E-state index in [0.717, 1.165) is 24.1 Å². The van der Waals surface area contributed by atoms with Crippen molar-refractivity contribution in [1.82, 2.24) is 0 Å². The normalized spacial score (nSPS) is 13.0. The fraction of sp³-hybridized carbons (Fsp3) is 0.417. The van der Waals surface area contributed by atoms with Crippen LogP contribution in [0.4, 0.5) is 10.1 Å². The Morgan fingerprint density at radius 1 is 1.17 bits per heavy atom. The monoisotopic (exact) mass is 413 g/mol. The highest BCUT2D eigenvalue weighted by Gasteiger charge is 2.25. The standard InChI is InChI=1S/C24H28FNO4/c1-3-22(27)26-14-6-8-19-7-5-9-21(24(19)26)30-16-17-10-11-18(20(25)15-17)12-13-23(28)29-4-2/h5,7,9-11,15H,3-4,6,8,12-14,16H2,1-2H3. The van der Waals surface area contributed by atoms with Gasteiger partial charge in [0.15, 0.2) is 0 Å². The van der Waals surface area contributed by atoms with E-state index in [1.165, 1.54) is 6.07 Å². The van der Waals surface area contributed by atoms with Gasteiger partial charge in [-0.2, -0.15) is 0 Å². The lowest BCUT2D eigenvalue weighted by molar-refractivity contribution is -0.143. The van der Waals surface area contributed by atoms with Crippen molar-refractivity contribution in [3.63, 3.8) is 0 Å². The molecule has 1 aliphatic rings. The second-order valence-electron chi connectivity index (χ2n) is 7.29.